The van der Waals surface area contributed by atoms with E-state index in [4.69, 9.17) is 4.74 Å². The van der Waals surface area contributed by atoms with Gasteiger partial charge in [0, 0.05) is 23.5 Å². The summed E-state index contributed by atoms with van der Waals surface area (Å²) < 4.78 is 18.5. The maximum Gasteiger partial charge on any atom is 0.187 e. The Kier molecular flexibility index (Phi) is 7.70. The van der Waals surface area contributed by atoms with Gasteiger partial charge < -0.3 is 10.1 Å². The van der Waals surface area contributed by atoms with Gasteiger partial charge in [0.05, 0.1) is 6.61 Å². The van der Waals surface area contributed by atoms with Crippen LogP contribution in [0, 0.1) is 5.82 Å². The maximum absolute atomic E-state index is 12.8. The monoisotopic (exact) mass is 341 g/mol. The molecule has 0 aliphatic rings. The van der Waals surface area contributed by atoms with Gasteiger partial charge >= 0.3 is 0 Å². The van der Waals surface area contributed by atoms with Crippen molar-refractivity contribution in [1.82, 2.24) is 0 Å². The molecule has 2 aromatic rings. The normalized spacial score (nSPS) is 10.8. The summed E-state index contributed by atoms with van der Waals surface area (Å²) in [7, 11) is 0. The minimum Gasteiger partial charge on any atom is -0.494 e. The molecule has 2 rings (SSSR count). The van der Waals surface area contributed by atoms with Crippen LogP contribution < -0.4 is 10.1 Å². The van der Waals surface area contributed by atoms with Gasteiger partial charge in [0.1, 0.15) is 11.6 Å². The van der Waals surface area contributed by atoms with Crippen LogP contribution in [-0.4, -0.2) is 12.4 Å². The van der Waals surface area contributed by atoms with Crippen LogP contribution in [0.1, 0.15) is 43.0 Å². The van der Waals surface area contributed by atoms with Crippen molar-refractivity contribution in [3.05, 3.63) is 72.2 Å². The molecule has 4 heteroatoms. The Labute approximate surface area is 148 Å². The van der Waals surface area contributed by atoms with Crippen molar-refractivity contribution in [2.75, 3.05) is 11.9 Å². The number of benzene rings is 2. The number of ether oxygens (including phenoxy) is 1. The molecular formula is C21H24FNO2. The van der Waals surface area contributed by atoms with Crippen molar-refractivity contribution >= 4 is 11.5 Å². The number of ketones is 1. The zero-order valence-electron chi connectivity index (χ0n) is 14.5. The first-order chi connectivity index (χ1) is 12.2. The number of hydrogen-bond donors (Lipinski definition) is 1. The second kappa shape index (κ2) is 10.3. The summed E-state index contributed by atoms with van der Waals surface area (Å²) in [4.78, 5) is 12.1. The van der Waals surface area contributed by atoms with Crippen LogP contribution >= 0.6 is 0 Å². The number of anilines is 1. The Bertz CT molecular complexity index is 678. The van der Waals surface area contributed by atoms with Crippen LogP contribution in [0.4, 0.5) is 10.1 Å². The highest BCUT2D eigenvalue weighted by molar-refractivity contribution is 6.04. The molecule has 0 bridgehead atoms. The summed E-state index contributed by atoms with van der Waals surface area (Å²) in [5.74, 6) is 0.379. The van der Waals surface area contributed by atoms with Gasteiger partial charge in [-0.05, 0) is 55.0 Å². The quantitative estimate of drug-likeness (QED) is 0.348. The molecule has 3 nitrogen and oxygen atoms in total. The predicted octanol–water partition coefficient (Wildman–Crippen LogP) is 5.59. The molecule has 0 saturated carbocycles. The fraction of sp³-hybridized carbons (Fsp3) is 0.286. The highest BCUT2D eigenvalue weighted by atomic mass is 19.1. The SMILES string of the molecule is CCCCCCOc1ccc(C(=O)C=CNc2ccc(F)cc2)cc1. The fourth-order valence-electron chi connectivity index (χ4n) is 2.29. The van der Waals surface area contributed by atoms with Crippen molar-refractivity contribution < 1.29 is 13.9 Å². The molecule has 0 fully saturated rings. The average molecular weight is 341 g/mol. The summed E-state index contributed by atoms with van der Waals surface area (Å²) in [6.07, 6.45) is 7.67. The largest absolute Gasteiger partial charge is 0.494 e. The van der Waals surface area contributed by atoms with Gasteiger partial charge in [-0.2, -0.15) is 0 Å². The van der Waals surface area contributed by atoms with Gasteiger partial charge in [-0.25, -0.2) is 4.39 Å². The third-order valence-electron chi connectivity index (χ3n) is 3.73. The molecule has 0 heterocycles. The van der Waals surface area contributed by atoms with E-state index in [0.717, 1.165) is 17.9 Å². The molecule has 0 spiro atoms. The first kappa shape index (κ1) is 18.7. The molecular weight excluding hydrogens is 317 g/mol. The third-order valence-corrected chi connectivity index (χ3v) is 3.73. The van der Waals surface area contributed by atoms with Crippen LogP contribution in [0.2, 0.25) is 0 Å². The number of hydrogen-bond acceptors (Lipinski definition) is 3. The van der Waals surface area contributed by atoms with E-state index in [2.05, 4.69) is 12.2 Å². The molecule has 0 amide bonds. The number of allylic oxidation sites excluding steroid dienone is 1. The van der Waals surface area contributed by atoms with Crippen LogP contribution in [0.5, 0.6) is 5.75 Å². The number of carbonyl (C=O) groups excluding carboxylic acids is 1. The number of carbonyl (C=O) groups is 1. The maximum atomic E-state index is 12.8. The molecule has 0 unspecified atom stereocenters. The third kappa shape index (κ3) is 6.79. The molecule has 0 aliphatic carbocycles. The van der Waals surface area contributed by atoms with Gasteiger partial charge in [-0.1, -0.05) is 26.2 Å². The van der Waals surface area contributed by atoms with Crippen molar-refractivity contribution in [3.8, 4) is 5.75 Å². The predicted molar refractivity (Wildman–Crippen MR) is 99.6 cm³/mol. The standard InChI is InChI=1S/C21H24FNO2/c1-2-3-4-5-16-25-20-12-6-17(7-13-20)21(24)14-15-23-19-10-8-18(22)9-11-19/h6-15,23H,2-5,16H2,1H3. The zero-order chi connectivity index (χ0) is 17.9. The van der Waals surface area contributed by atoms with E-state index >= 15 is 0 Å². The highest BCUT2D eigenvalue weighted by Crippen LogP contribution is 2.14. The second-order valence-corrected chi connectivity index (χ2v) is 5.78. The van der Waals surface area contributed by atoms with Gasteiger partial charge in [0.15, 0.2) is 5.78 Å². The Morgan fingerprint density at radius 3 is 2.44 bits per heavy atom. The topological polar surface area (TPSA) is 38.3 Å². The van der Waals surface area contributed by atoms with Gasteiger partial charge in [0.2, 0.25) is 0 Å². The van der Waals surface area contributed by atoms with E-state index in [1.165, 1.54) is 37.5 Å². The number of unbranched alkanes of at least 4 members (excludes halogenated alkanes) is 3. The van der Waals surface area contributed by atoms with E-state index in [1.807, 2.05) is 12.1 Å². The first-order valence-electron chi connectivity index (χ1n) is 8.65. The summed E-state index contributed by atoms with van der Waals surface area (Å²) in [5, 5.41) is 2.94. The highest BCUT2D eigenvalue weighted by Gasteiger charge is 2.02. The van der Waals surface area contributed by atoms with Crippen LogP contribution in [0.25, 0.3) is 0 Å². The summed E-state index contributed by atoms with van der Waals surface area (Å²) in [6, 6.07) is 13.1. The van der Waals surface area contributed by atoms with Crippen molar-refractivity contribution in [2.45, 2.75) is 32.6 Å². The minimum atomic E-state index is -0.293. The van der Waals surface area contributed by atoms with E-state index in [1.54, 1.807) is 30.5 Å². The molecule has 0 aliphatic heterocycles. The van der Waals surface area contributed by atoms with Gasteiger partial charge in [-0.3, -0.25) is 4.79 Å². The van der Waals surface area contributed by atoms with Crippen LogP contribution in [0.15, 0.2) is 60.8 Å². The molecule has 0 saturated heterocycles. The Morgan fingerprint density at radius 2 is 1.76 bits per heavy atom. The molecule has 2 aromatic carbocycles. The molecule has 0 radical (unpaired) electrons. The molecule has 132 valence electrons. The Morgan fingerprint density at radius 1 is 1.04 bits per heavy atom. The number of nitrogens with one attached hydrogen (secondary N) is 1. The van der Waals surface area contributed by atoms with Gasteiger partial charge in [-0.15, -0.1) is 0 Å². The number of halogens is 1. The summed E-state index contributed by atoms with van der Waals surface area (Å²) >= 11 is 0. The Balaban J connectivity index is 1.79. The first-order valence-corrected chi connectivity index (χ1v) is 8.65. The van der Waals surface area contributed by atoms with E-state index in [9.17, 15) is 9.18 Å². The van der Waals surface area contributed by atoms with Crippen molar-refractivity contribution in [2.24, 2.45) is 0 Å². The lowest BCUT2D eigenvalue weighted by molar-refractivity contribution is 0.104. The van der Waals surface area contributed by atoms with E-state index < -0.39 is 0 Å². The molecule has 0 atom stereocenters. The smallest absolute Gasteiger partial charge is 0.187 e. The summed E-state index contributed by atoms with van der Waals surface area (Å²) in [6.45, 7) is 2.88. The lowest BCUT2D eigenvalue weighted by atomic mass is 10.1. The lowest BCUT2D eigenvalue weighted by Crippen LogP contribution is -1.99. The average Bonchev–Trinajstić information content (AvgIpc) is 2.63. The van der Waals surface area contributed by atoms with Crippen LogP contribution in [-0.2, 0) is 0 Å². The molecule has 1 N–H and O–H groups in total. The van der Waals surface area contributed by atoms with Gasteiger partial charge in [0.25, 0.3) is 0 Å². The van der Waals surface area contributed by atoms with E-state index in [0.29, 0.717) is 12.2 Å². The second-order valence-electron chi connectivity index (χ2n) is 5.78. The minimum absolute atomic E-state index is 0.107. The summed E-state index contributed by atoms with van der Waals surface area (Å²) in [5.41, 5.74) is 1.31. The molecule has 25 heavy (non-hydrogen) atoms. The van der Waals surface area contributed by atoms with Crippen LogP contribution in [0.3, 0.4) is 0 Å². The van der Waals surface area contributed by atoms with E-state index in [-0.39, 0.29) is 11.6 Å². The molecule has 0 aromatic heterocycles. The lowest BCUT2D eigenvalue weighted by Gasteiger charge is -2.06. The fourth-order valence-corrected chi connectivity index (χ4v) is 2.29. The zero-order valence-corrected chi connectivity index (χ0v) is 14.5. The van der Waals surface area contributed by atoms with Crippen molar-refractivity contribution in [1.29, 1.82) is 0 Å². The Hall–Kier alpha value is -2.62. The number of rotatable bonds is 10. The van der Waals surface area contributed by atoms with Crippen molar-refractivity contribution in [3.63, 3.8) is 0 Å².